The van der Waals surface area contributed by atoms with Crippen LogP contribution in [-0.4, -0.2) is 79.4 Å². The predicted molar refractivity (Wildman–Crippen MR) is 91.0 cm³/mol. The average molecular weight is 341 g/mol. The summed E-state index contributed by atoms with van der Waals surface area (Å²) in [6, 6.07) is -0.0448. The van der Waals surface area contributed by atoms with E-state index in [-0.39, 0.29) is 24.1 Å². The third-order valence-electron chi connectivity index (χ3n) is 5.25. The van der Waals surface area contributed by atoms with E-state index in [1.54, 1.807) is 16.8 Å². The van der Waals surface area contributed by atoms with Crippen LogP contribution in [0.4, 0.5) is 4.79 Å². The lowest BCUT2D eigenvalue weighted by Crippen LogP contribution is -2.53. The van der Waals surface area contributed by atoms with Gasteiger partial charge in [-0.05, 0) is 31.2 Å². The lowest BCUT2D eigenvalue weighted by Gasteiger charge is -2.41. The van der Waals surface area contributed by atoms with Gasteiger partial charge in [0.1, 0.15) is 0 Å². The van der Waals surface area contributed by atoms with Gasteiger partial charge in [-0.2, -0.15) is 0 Å². The number of ether oxygens (including phenoxy) is 1. The number of urea groups is 1. The SMILES string of the molecule is CN(CC(=O)O)CC1CN(C(=O)NCC(C)(C)C2CCC2)CCO1. The Kier molecular flexibility index (Phi) is 6.46. The van der Waals surface area contributed by atoms with Crippen molar-refractivity contribution in [3.8, 4) is 0 Å². The molecule has 0 bridgehead atoms. The molecule has 1 aliphatic heterocycles. The van der Waals surface area contributed by atoms with Crippen LogP contribution in [0.1, 0.15) is 33.1 Å². The molecule has 0 radical (unpaired) electrons. The molecule has 0 aromatic rings. The van der Waals surface area contributed by atoms with Crippen LogP contribution in [0.2, 0.25) is 0 Å². The molecule has 1 saturated carbocycles. The normalized spacial score (nSPS) is 22.3. The second-order valence-electron chi connectivity index (χ2n) is 7.80. The van der Waals surface area contributed by atoms with Gasteiger partial charge in [0.15, 0.2) is 0 Å². The number of carbonyl (C=O) groups is 2. The fourth-order valence-corrected chi connectivity index (χ4v) is 3.41. The standard InChI is InChI=1S/C17H31N3O4/c1-17(2,13-5-4-6-13)12-18-16(23)20-7-8-24-14(10-20)9-19(3)11-15(21)22/h13-14H,4-12H2,1-3H3,(H,18,23)(H,21,22). The maximum Gasteiger partial charge on any atom is 0.317 e. The van der Waals surface area contributed by atoms with Crippen molar-refractivity contribution in [1.82, 2.24) is 15.1 Å². The monoisotopic (exact) mass is 341 g/mol. The van der Waals surface area contributed by atoms with E-state index >= 15 is 0 Å². The second-order valence-corrected chi connectivity index (χ2v) is 7.80. The molecule has 7 nitrogen and oxygen atoms in total. The van der Waals surface area contributed by atoms with Crippen molar-refractivity contribution in [2.75, 3.05) is 46.4 Å². The number of rotatable bonds is 7. The van der Waals surface area contributed by atoms with E-state index in [0.717, 1.165) is 0 Å². The lowest BCUT2D eigenvalue weighted by atomic mass is 9.67. The van der Waals surface area contributed by atoms with Gasteiger partial charge in [-0.15, -0.1) is 0 Å². The number of hydrogen-bond donors (Lipinski definition) is 2. The number of likely N-dealkylation sites (N-methyl/N-ethyl adjacent to an activating group) is 1. The van der Waals surface area contributed by atoms with E-state index in [1.807, 2.05) is 0 Å². The van der Waals surface area contributed by atoms with Crippen molar-refractivity contribution in [3.05, 3.63) is 0 Å². The molecule has 1 unspecified atom stereocenters. The van der Waals surface area contributed by atoms with Crippen molar-refractivity contribution in [1.29, 1.82) is 0 Å². The molecule has 2 fully saturated rings. The zero-order valence-corrected chi connectivity index (χ0v) is 15.1. The zero-order chi connectivity index (χ0) is 17.7. The lowest BCUT2D eigenvalue weighted by molar-refractivity contribution is -0.138. The van der Waals surface area contributed by atoms with Crippen molar-refractivity contribution in [2.24, 2.45) is 11.3 Å². The van der Waals surface area contributed by atoms with E-state index in [1.165, 1.54) is 19.3 Å². The molecular formula is C17H31N3O4. The van der Waals surface area contributed by atoms with Crippen LogP contribution in [0.3, 0.4) is 0 Å². The Morgan fingerprint density at radius 3 is 2.67 bits per heavy atom. The van der Waals surface area contributed by atoms with Gasteiger partial charge in [-0.1, -0.05) is 20.3 Å². The topological polar surface area (TPSA) is 82.1 Å². The zero-order valence-electron chi connectivity index (χ0n) is 15.1. The fraction of sp³-hybridized carbons (Fsp3) is 0.882. The van der Waals surface area contributed by atoms with Crippen molar-refractivity contribution < 1.29 is 19.4 Å². The Morgan fingerprint density at radius 2 is 2.08 bits per heavy atom. The molecule has 138 valence electrons. The van der Waals surface area contributed by atoms with Crippen molar-refractivity contribution >= 4 is 12.0 Å². The molecule has 2 rings (SSSR count). The Hall–Kier alpha value is -1.34. The van der Waals surface area contributed by atoms with Gasteiger partial charge in [0.2, 0.25) is 0 Å². The first-order valence-electron chi connectivity index (χ1n) is 8.82. The number of carboxylic acids is 1. The number of amides is 2. The first kappa shape index (κ1) is 19.0. The molecular weight excluding hydrogens is 310 g/mol. The van der Waals surface area contributed by atoms with Gasteiger partial charge in [0.05, 0.1) is 19.3 Å². The van der Waals surface area contributed by atoms with Crippen molar-refractivity contribution in [2.45, 2.75) is 39.2 Å². The van der Waals surface area contributed by atoms with Crippen LogP contribution in [0, 0.1) is 11.3 Å². The van der Waals surface area contributed by atoms with Crippen LogP contribution in [-0.2, 0) is 9.53 Å². The minimum atomic E-state index is -0.860. The number of carbonyl (C=O) groups excluding carboxylic acids is 1. The second kappa shape index (κ2) is 8.16. The number of carboxylic acid groups (broad SMARTS) is 1. The first-order chi connectivity index (χ1) is 11.3. The molecule has 7 heteroatoms. The third-order valence-corrected chi connectivity index (χ3v) is 5.25. The molecule has 0 aromatic carbocycles. The van der Waals surface area contributed by atoms with Crippen LogP contribution in [0.25, 0.3) is 0 Å². The highest BCUT2D eigenvalue weighted by Crippen LogP contribution is 2.41. The van der Waals surface area contributed by atoms with Gasteiger partial charge in [0.25, 0.3) is 0 Å². The quantitative estimate of drug-likeness (QED) is 0.728. The van der Waals surface area contributed by atoms with Gasteiger partial charge < -0.3 is 20.1 Å². The summed E-state index contributed by atoms with van der Waals surface area (Å²) in [4.78, 5) is 26.6. The van der Waals surface area contributed by atoms with E-state index in [9.17, 15) is 9.59 Å². The molecule has 0 spiro atoms. The molecule has 1 heterocycles. The molecule has 2 amide bonds. The number of nitrogens with zero attached hydrogens (tertiary/aromatic N) is 2. The number of aliphatic carboxylic acids is 1. The summed E-state index contributed by atoms with van der Waals surface area (Å²) < 4.78 is 5.66. The number of hydrogen-bond acceptors (Lipinski definition) is 4. The van der Waals surface area contributed by atoms with E-state index < -0.39 is 5.97 Å². The van der Waals surface area contributed by atoms with Crippen LogP contribution in [0.15, 0.2) is 0 Å². The number of morpholine rings is 1. The summed E-state index contributed by atoms with van der Waals surface area (Å²) in [7, 11) is 1.75. The van der Waals surface area contributed by atoms with Gasteiger partial charge in [-0.25, -0.2) is 4.79 Å². The summed E-state index contributed by atoms with van der Waals surface area (Å²) in [5, 5.41) is 11.9. The van der Waals surface area contributed by atoms with Crippen LogP contribution < -0.4 is 5.32 Å². The van der Waals surface area contributed by atoms with Gasteiger partial charge >= 0.3 is 12.0 Å². The Labute approximate surface area is 144 Å². The summed E-state index contributed by atoms with van der Waals surface area (Å²) in [6.45, 7) is 7.18. The molecule has 0 aromatic heterocycles. The van der Waals surface area contributed by atoms with Gasteiger partial charge in [0, 0.05) is 26.2 Å². The van der Waals surface area contributed by atoms with Crippen LogP contribution in [0.5, 0.6) is 0 Å². The molecule has 24 heavy (non-hydrogen) atoms. The smallest absolute Gasteiger partial charge is 0.317 e. The Bertz CT molecular complexity index is 451. The molecule has 1 saturated heterocycles. The highest BCUT2D eigenvalue weighted by molar-refractivity contribution is 5.74. The minimum absolute atomic E-state index is 0.0262. The summed E-state index contributed by atoms with van der Waals surface area (Å²) in [5.41, 5.74) is 0.140. The minimum Gasteiger partial charge on any atom is -0.480 e. The van der Waals surface area contributed by atoms with Crippen LogP contribution >= 0.6 is 0 Å². The maximum atomic E-state index is 12.4. The van der Waals surface area contributed by atoms with Gasteiger partial charge in [-0.3, -0.25) is 9.69 Å². The fourth-order valence-electron chi connectivity index (χ4n) is 3.41. The van der Waals surface area contributed by atoms with Crippen molar-refractivity contribution in [3.63, 3.8) is 0 Å². The summed E-state index contributed by atoms with van der Waals surface area (Å²) >= 11 is 0. The predicted octanol–water partition coefficient (Wildman–Crippen LogP) is 1.24. The van der Waals surface area contributed by atoms with E-state index in [0.29, 0.717) is 38.7 Å². The van der Waals surface area contributed by atoms with E-state index in [2.05, 4.69) is 19.2 Å². The summed E-state index contributed by atoms with van der Waals surface area (Å²) in [5.74, 6) is -0.152. The Morgan fingerprint density at radius 1 is 1.38 bits per heavy atom. The number of nitrogens with one attached hydrogen (secondary N) is 1. The van der Waals surface area contributed by atoms with E-state index in [4.69, 9.17) is 9.84 Å². The highest BCUT2D eigenvalue weighted by atomic mass is 16.5. The molecule has 2 aliphatic rings. The average Bonchev–Trinajstić information content (AvgIpc) is 2.41. The summed E-state index contributed by atoms with van der Waals surface area (Å²) in [6.07, 6.45) is 3.68. The third kappa shape index (κ3) is 5.34. The molecule has 2 N–H and O–H groups in total. The maximum absolute atomic E-state index is 12.4. The molecule has 1 aliphatic carbocycles. The molecule has 1 atom stereocenters. The Balaban J connectivity index is 1.76. The first-order valence-corrected chi connectivity index (χ1v) is 8.82. The largest absolute Gasteiger partial charge is 0.480 e. The highest BCUT2D eigenvalue weighted by Gasteiger charge is 2.34.